The van der Waals surface area contributed by atoms with Gasteiger partial charge in [-0.25, -0.2) is 13.8 Å². The molecule has 0 unspecified atom stereocenters. The normalized spacial score (nSPS) is 12.2. The third-order valence-electron chi connectivity index (χ3n) is 1.83. The number of alkyl halides is 5. The minimum atomic E-state index is -5.02. The van der Waals surface area contributed by atoms with Crippen LogP contribution in [0.15, 0.2) is 6.20 Å². The van der Waals surface area contributed by atoms with Crippen LogP contribution in [-0.2, 0) is 12.8 Å². The van der Waals surface area contributed by atoms with E-state index in [4.69, 9.17) is 16.7 Å². The first-order chi connectivity index (χ1) is 7.29. The van der Waals surface area contributed by atoms with Gasteiger partial charge in [0.15, 0.2) is 0 Å². The number of nitrogens with zero attached hydrogens (tertiary/aromatic N) is 1. The van der Waals surface area contributed by atoms with Crippen LogP contribution in [0.5, 0.6) is 0 Å². The number of aliphatic hydroxyl groups excluding tert-OH is 1. The van der Waals surface area contributed by atoms with Crippen molar-refractivity contribution in [3.63, 3.8) is 0 Å². The summed E-state index contributed by atoms with van der Waals surface area (Å²) >= 11 is 5.30. The Bertz CT molecular complexity index is 393. The summed E-state index contributed by atoms with van der Waals surface area (Å²) in [5.41, 5.74) is -3.75. The molecular formula is C8H5ClF5NO. The Morgan fingerprint density at radius 1 is 1.38 bits per heavy atom. The summed E-state index contributed by atoms with van der Waals surface area (Å²) in [4.78, 5) is 3.17. The Morgan fingerprint density at radius 3 is 2.31 bits per heavy atom. The molecule has 0 aromatic carbocycles. The van der Waals surface area contributed by atoms with Crippen molar-refractivity contribution in [3.8, 4) is 0 Å². The van der Waals surface area contributed by atoms with Crippen LogP contribution < -0.4 is 0 Å². The van der Waals surface area contributed by atoms with E-state index in [1.165, 1.54) is 0 Å². The highest BCUT2D eigenvalue weighted by atomic mass is 35.5. The Morgan fingerprint density at radius 2 is 1.94 bits per heavy atom. The second kappa shape index (κ2) is 4.50. The fraction of sp³-hybridized carbons (Fsp3) is 0.375. The lowest BCUT2D eigenvalue weighted by Crippen LogP contribution is -2.15. The molecule has 0 aliphatic carbocycles. The monoisotopic (exact) mass is 261 g/mol. The smallest absolute Gasteiger partial charge is 0.392 e. The van der Waals surface area contributed by atoms with Crippen molar-refractivity contribution in [2.45, 2.75) is 19.2 Å². The maximum Gasteiger partial charge on any atom is 0.417 e. The van der Waals surface area contributed by atoms with Gasteiger partial charge in [-0.15, -0.1) is 0 Å². The third kappa shape index (κ3) is 2.41. The second-order valence-electron chi connectivity index (χ2n) is 2.81. The number of halogens is 6. The molecule has 0 amide bonds. The highest BCUT2D eigenvalue weighted by Crippen LogP contribution is 2.40. The number of rotatable bonds is 2. The van der Waals surface area contributed by atoms with Gasteiger partial charge < -0.3 is 5.11 Å². The molecule has 1 heterocycles. The summed E-state index contributed by atoms with van der Waals surface area (Å²) in [7, 11) is 0. The standard InChI is InChI=1S/C8H5ClF5NO/c9-6-4(2-16)5(8(12,13)14)3(1-15-6)7(10)11/h1,7,16H,2H2. The zero-order chi connectivity index (χ0) is 12.5. The van der Waals surface area contributed by atoms with E-state index in [0.29, 0.717) is 6.20 Å². The molecule has 8 heteroatoms. The Hall–Kier alpha value is -0.950. The molecule has 0 aliphatic rings. The molecule has 0 spiro atoms. The van der Waals surface area contributed by atoms with Crippen molar-refractivity contribution in [2.24, 2.45) is 0 Å². The Labute approximate surface area is 91.7 Å². The number of pyridine rings is 1. The number of hydrogen-bond acceptors (Lipinski definition) is 2. The molecule has 0 saturated carbocycles. The molecule has 0 bridgehead atoms. The van der Waals surface area contributed by atoms with E-state index in [-0.39, 0.29) is 0 Å². The van der Waals surface area contributed by atoms with E-state index in [1.807, 2.05) is 0 Å². The van der Waals surface area contributed by atoms with E-state index < -0.39 is 41.1 Å². The molecule has 0 aliphatic heterocycles. The van der Waals surface area contributed by atoms with Gasteiger partial charge in [-0.2, -0.15) is 13.2 Å². The lowest BCUT2D eigenvalue weighted by atomic mass is 10.0. The molecule has 0 atom stereocenters. The summed E-state index contributed by atoms with van der Waals surface area (Å²) in [5.74, 6) is 0. The fourth-order valence-electron chi connectivity index (χ4n) is 1.19. The Balaban J connectivity index is 3.54. The largest absolute Gasteiger partial charge is 0.417 e. The van der Waals surface area contributed by atoms with Crippen molar-refractivity contribution in [1.29, 1.82) is 0 Å². The predicted molar refractivity (Wildman–Crippen MR) is 45.1 cm³/mol. The summed E-state index contributed by atoms with van der Waals surface area (Å²) in [5, 5.41) is 8.06. The third-order valence-corrected chi connectivity index (χ3v) is 2.16. The predicted octanol–water partition coefficient (Wildman–Crippen LogP) is 3.18. The van der Waals surface area contributed by atoms with E-state index in [0.717, 1.165) is 0 Å². The summed E-state index contributed by atoms with van der Waals surface area (Å²) < 4.78 is 62.2. The van der Waals surface area contributed by atoms with E-state index >= 15 is 0 Å². The molecule has 1 aromatic rings. The van der Waals surface area contributed by atoms with Gasteiger partial charge in [-0.3, -0.25) is 0 Å². The highest BCUT2D eigenvalue weighted by molar-refractivity contribution is 6.30. The van der Waals surface area contributed by atoms with Gasteiger partial charge in [-0.1, -0.05) is 11.6 Å². The minimum absolute atomic E-state index is 0.356. The first-order valence-corrected chi connectivity index (χ1v) is 4.30. The lowest BCUT2D eigenvalue weighted by Gasteiger charge is -2.16. The highest BCUT2D eigenvalue weighted by Gasteiger charge is 2.39. The molecule has 1 rings (SSSR count). The van der Waals surface area contributed by atoms with Gasteiger partial charge in [0.05, 0.1) is 12.2 Å². The molecule has 2 nitrogen and oxygen atoms in total. The molecule has 1 aromatic heterocycles. The van der Waals surface area contributed by atoms with Gasteiger partial charge in [0.1, 0.15) is 5.15 Å². The van der Waals surface area contributed by atoms with Crippen LogP contribution in [-0.4, -0.2) is 10.1 Å². The SMILES string of the molecule is OCc1c(Cl)ncc(C(F)F)c1C(F)(F)F. The maximum absolute atomic E-state index is 12.5. The van der Waals surface area contributed by atoms with Crippen LogP contribution in [0.4, 0.5) is 22.0 Å². The van der Waals surface area contributed by atoms with Crippen LogP contribution in [0.3, 0.4) is 0 Å². The van der Waals surface area contributed by atoms with Gasteiger partial charge in [0, 0.05) is 17.3 Å². The average molecular weight is 262 g/mol. The zero-order valence-corrected chi connectivity index (χ0v) is 8.28. The van der Waals surface area contributed by atoms with Crippen LogP contribution >= 0.6 is 11.6 Å². The maximum atomic E-state index is 12.5. The molecular weight excluding hydrogens is 257 g/mol. The molecule has 16 heavy (non-hydrogen) atoms. The second-order valence-corrected chi connectivity index (χ2v) is 3.17. The van der Waals surface area contributed by atoms with Crippen molar-refractivity contribution in [1.82, 2.24) is 4.98 Å². The molecule has 90 valence electrons. The number of aromatic nitrogens is 1. The van der Waals surface area contributed by atoms with Crippen molar-refractivity contribution in [2.75, 3.05) is 0 Å². The van der Waals surface area contributed by atoms with Crippen molar-refractivity contribution >= 4 is 11.6 Å². The number of aliphatic hydroxyl groups is 1. The number of hydrogen-bond donors (Lipinski definition) is 1. The van der Waals surface area contributed by atoms with E-state index in [1.54, 1.807) is 0 Å². The van der Waals surface area contributed by atoms with Gasteiger partial charge >= 0.3 is 6.18 Å². The first-order valence-electron chi connectivity index (χ1n) is 3.92. The van der Waals surface area contributed by atoms with Gasteiger partial charge in [0.25, 0.3) is 6.43 Å². The van der Waals surface area contributed by atoms with Crippen LogP contribution in [0, 0.1) is 0 Å². The summed E-state index contributed by atoms with van der Waals surface area (Å²) in [6.45, 7) is -1.11. The minimum Gasteiger partial charge on any atom is -0.392 e. The average Bonchev–Trinajstić information content (AvgIpc) is 2.15. The topological polar surface area (TPSA) is 33.1 Å². The lowest BCUT2D eigenvalue weighted by molar-refractivity contribution is -0.140. The molecule has 0 fully saturated rings. The van der Waals surface area contributed by atoms with Crippen LogP contribution in [0.1, 0.15) is 23.1 Å². The van der Waals surface area contributed by atoms with Crippen LogP contribution in [0.2, 0.25) is 5.15 Å². The van der Waals surface area contributed by atoms with E-state index in [2.05, 4.69) is 4.98 Å². The van der Waals surface area contributed by atoms with Crippen molar-refractivity contribution in [3.05, 3.63) is 28.0 Å². The molecule has 0 radical (unpaired) electrons. The molecule has 0 saturated heterocycles. The van der Waals surface area contributed by atoms with Crippen molar-refractivity contribution < 1.29 is 27.1 Å². The zero-order valence-electron chi connectivity index (χ0n) is 7.52. The quantitative estimate of drug-likeness (QED) is 0.655. The summed E-state index contributed by atoms with van der Waals surface area (Å²) in [6, 6.07) is 0. The molecule has 1 N–H and O–H groups in total. The fourth-order valence-corrected chi connectivity index (χ4v) is 1.39. The van der Waals surface area contributed by atoms with Crippen LogP contribution in [0.25, 0.3) is 0 Å². The van der Waals surface area contributed by atoms with Gasteiger partial charge in [0.2, 0.25) is 0 Å². The Kier molecular flexibility index (Phi) is 3.69. The first kappa shape index (κ1) is 13.1. The van der Waals surface area contributed by atoms with E-state index in [9.17, 15) is 22.0 Å². The van der Waals surface area contributed by atoms with Gasteiger partial charge in [-0.05, 0) is 0 Å². The summed E-state index contributed by atoms with van der Waals surface area (Å²) in [6.07, 6.45) is -8.00.